The normalized spacial score (nSPS) is 13.6. The van der Waals surface area contributed by atoms with Gasteiger partial charge in [-0.3, -0.25) is 4.90 Å². The summed E-state index contributed by atoms with van der Waals surface area (Å²) in [6.07, 6.45) is 0. The number of piperazine rings is 1. The molecule has 0 aromatic heterocycles. The van der Waals surface area contributed by atoms with E-state index in [0.29, 0.717) is 6.61 Å². The van der Waals surface area contributed by atoms with Gasteiger partial charge in [-0.25, -0.2) is 0 Å². The van der Waals surface area contributed by atoms with Gasteiger partial charge >= 0.3 is 0 Å². The van der Waals surface area contributed by atoms with E-state index in [1.54, 1.807) is 0 Å². The third-order valence-electron chi connectivity index (χ3n) is 8.38. The summed E-state index contributed by atoms with van der Waals surface area (Å²) in [5.74, 6) is 0.967. The zero-order valence-electron chi connectivity index (χ0n) is 25.5. The number of hydrogen-bond acceptors (Lipinski definition) is 4. The van der Waals surface area contributed by atoms with Gasteiger partial charge < -0.3 is 14.5 Å². The minimum absolute atomic E-state index is 0.702. The van der Waals surface area contributed by atoms with Crippen LogP contribution in [-0.4, -0.2) is 44.2 Å². The van der Waals surface area contributed by atoms with Gasteiger partial charge in [0.2, 0.25) is 0 Å². The summed E-state index contributed by atoms with van der Waals surface area (Å²) in [5, 5.41) is 0. The number of benzene rings is 5. The molecule has 218 valence electrons. The van der Waals surface area contributed by atoms with Crippen molar-refractivity contribution in [1.29, 1.82) is 0 Å². The highest BCUT2D eigenvalue weighted by Gasteiger charge is 2.18. The summed E-state index contributed by atoms with van der Waals surface area (Å²) >= 11 is 0. The Balaban J connectivity index is 1.11. The van der Waals surface area contributed by atoms with Crippen LogP contribution in [0.3, 0.4) is 0 Å². The number of ether oxygens (including phenoxy) is 1. The molecule has 4 nitrogen and oxygen atoms in total. The second kappa shape index (κ2) is 13.2. The summed E-state index contributed by atoms with van der Waals surface area (Å²) in [4.78, 5) is 7.31. The molecule has 0 atom stereocenters. The maximum Gasteiger partial charge on any atom is 0.122 e. The summed E-state index contributed by atoms with van der Waals surface area (Å²) < 4.78 is 6.26. The van der Waals surface area contributed by atoms with Crippen molar-refractivity contribution in [2.45, 2.75) is 20.8 Å². The molecule has 0 aliphatic carbocycles. The fourth-order valence-corrected chi connectivity index (χ4v) is 6.00. The molecule has 6 rings (SSSR count). The summed E-state index contributed by atoms with van der Waals surface area (Å²) in [5.41, 5.74) is 10.9. The van der Waals surface area contributed by atoms with Crippen LogP contribution in [0, 0.1) is 20.8 Å². The van der Waals surface area contributed by atoms with Gasteiger partial charge in [0.15, 0.2) is 0 Å². The first-order valence-electron chi connectivity index (χ1n) is 15.3. The number of nitrogens with zero attached hydrogens (tertiary/aromatic N) is 3. The number of anilines is 4. The van der Waals surface area contributed by atoms with Crippen molar-refractivity contribution >= 4 is 22.7 Å². The van der Waals surface area contributed by atoms with Gasteiger partial charge in [-0.05, 0) is 109 Å². The lowest BCUT2D eigenvalue weighted by Gasteiger charge is -2.36. The lowest BCUT2D eigenvalue weighted by atomic mass is 9.99. The quantitative estimate of drug-likeness (QED) is 0.177. The zero-order chi connectivity index (χ0) is 29.6. The SMILES string of the molecule is Cc1cccc(N(c2ccccc2)c2ccc(-c3ccc(OCCN4CCN(c5ccccc5)CC4)c(C)c3)cc2C)c1. The van der Waals surface area contributed by atoms with Crippen molar-refractivity contribution in [3.8, 4) is 16.9 Å². The Bertz CT molecular complexity index is 1640. The van der Waals surface area contributed by atoms with Crippen LogP contribution < -0.4 is 14.5 Å². The van der Waals surface area contributed by atoms with Gasteiger partial charge in [0.1, 0.15) is 12.4 Å². The van der Waals surface area contributed by atoms with Crippen molar-refractivity contribution in [2.75, 3.05) is 49.1 Å². The molecule has 1 saturated heterocycles. The molecule has 0 spiro atoms. The Kier molecular flexibility index (Phi) is 8.76. The molecule has 0 saturated carbocycles. The predicted molar refractivity (Wildman–Crippen MR) is 181 cm³/mol. The third kappa shape index (κ3) is 6.76. The standard InChI is InChI=1S/C39H41N3O/c1-30-11-10-16-37(27-30)42(36-14-8-5-9-15-36)38-19-17-33(28-31(38)2)34-18-20-39(32(3)29-34)43-26-25-40-21-23-41(24-22-40)35-12-6-4-7-13-35/h4-20,27-29H,21-26H2,1-3H3. The van der Waals surface area contributed by atoms with E-state index in [2.05, 4.69) is 157 Å². The molecule has 0 radical (unpaired) electrons. The average Bonchev–Trinajstić information content (AvgIpc) is 3.04. The molecule has 0 N–H and O–H groups in total. The fraction of sp³-hybridized carbons (Fsp3) is 0.231. The Hall–Kier alpha value is -4.54. The molecule has 0 bridgehead atoms. The monoisotopic (exact) mass is 567 g/mol. The van der Waals surface area contributed by atoms with E-state index in [1.807, 2.05) is 0 Å². The van der Waals surface area contributed by atoms with E-state index in [1.165, 1.54) is 39.2 Å². The lowest BCUT2D eigenvalue weighted by Crippen LogP contribution is -2.47. The number of aryl methyl sites for hydroxylation is 3. The molecule has 0 amide bonds. The van der Waals surface area contributed by atoms with E-state index in [-0.39, 0.29) is 0 Å². The highest BCUT2D eigenvalue weighted by atomic mass is 16.5. The second-order valence-corrected chi connectivity index (χ2v) is 11.5. The van der Waals surface area contributed by atoms with E-state index in [0.717, 1.165) is 49.8 Å². The second-order valence-electron chi connectivity index (χ2n) is 11.5. The molecule has 43 heavy (non-hydrogen) atoms. The van der Waals surface area contributed by atoms with Crippen LogP contribution in [0.25, 0.3) is 11.1 Å². The van der Waals surface area contributed by atoms with E-state index in [9.17, 15) is 0 Å². The van der Waals surface area contributed by atoms with E-state index >= 15 is 0 Å². The summed E-state index contributed by atoms with van der Waals surface area (Å²) in [6.45, 7) is 12.4. The van der Waals surface area contributed by atoms with Gasteiger partial charge in [-0.2, -0.15) is 0 Å². The molecule has 5 aromatic carbocycles. The van der Waals surface area contributed by atoms with Gasteiger partial charge in [0.25, 0.3) is 0 Å². The minimum Gasteiger partial charge on any atom is -0.492 e. The topological polar surface area (TPSA) is 19.0 Å². The van der Waals surface area contributed by atoms with Crippen molar-refractivity contribution in [1.82, 2.24) is 4.90 Å². The molecule has 4 heteroatoms. The first kappa shape index (κ1) is 28.6. The van der Waals surface area contributed by atoms with Crippen molar-refractivity contribution in [3.05, 3.63) is 138 Å². The maximum absolute atomic E-state index is 6.26. The molecular weight excluding hydrogens is 526 g/mol. The Morgan fingerprint density at radius 1 is 0.605 bits per heavy atom. The van der Waals surface area contributed by atoms with E-state index in [4.69, 9.17) is 4.74 Å². The maximum atomic E-state index is 6.26. The zero-order valence-corrected chi connectivity index (χ0v) is 25.5. The highest BCUT2D eigenvalue weighted by Crippen LogP contribution is 2.38. The van der Waals surface area contributed by atoms with Gasteiger partial charge in [-0.1, -0.05) is 60.7 Å². The van der Waals surface area contributed by atoms with Gasteiger partial charge in [0, 0.05) is 55.5 Å². The molecule has 1 aliphatic heterocycles. The van der Waals surface area contributed by atoms with Crippen molar-refractivity contribution < 1.29 is 4.74 Å². The number of para-hydroxylation sites is 2. The molecule has 1 aliphatic rings. The van der Waals surface area contributed by atoms with Crippen LogP contribution in [0.15, 0.2) is 121 Å². The summed E-state index contributed by atoms with van der Waals surface area (Å²) in [6, 6.07) is 43.3. The van der Waals surface area contributed by atoms with Gasteiger partial charge in [0.05, 0.1) is 0 Å². The van der Waals surface area contributed by atoms with Crippen molar-refractivity contribution in [2.24, 2.45) is 0 Å². The number of hydrogen-bond donors (Lipinski definition) is 0. The Labute approximate surface area is 256 Å². The third-order valence-corrected chi connectivity index (χ3v) is 8.38. The largest absolute Gasteiger partial charge is 0.492 e. The summed E-state index contributed by atoms with van der Waals surface area (Å²) in [7, 11) is 0. The first-order chi connectivity index (χ1) is 21.0. The van der Waals surface area contributed by atoms with Crippen LogP contribution in [0.1, 0.15) is 16.7 Å². The van der Waals surface area contributed by atoms with Crippen LogP contribution >= 0.6 is 0 Å². The average molecular weight is 568 g/mol. The Morgan fingerprint density at radius 2 is 1.26 bits per heavy atom. The van der Waals surface area contributed by atoms with Crippen LogP contribution in [0.5, 0.6) is 5.75 Å². The highest BCUT2D eigenvalue weighted by molar-refractivity contribution is 5.80. The lowest BCUT2D eigenvalue weighted by molar-refractivity contribution is 0.200. The smallest absolute Gasteiger partial charge is 0.122 e. The predicted octanol–water partition coefficient (Wildman–Crippen LogP) is 8.95. The molecule has 1 heterocycles. The molecule has 1 fully saturated rings. The van der Waals surface area contributed by atoms with Crippen LogP contribution in [0.4, 0.5) is 22.7 Å². The first-order valence-corrected chi connectivity index (χ1v) is 15.3. The Morgan fingerprint density at radius 3 is 1.93 bits per heavy atom. The fourth-order valence-electron chi connectivity index (χ4n) is 6.00. The number of rotatable bonds is 9. The van der Waals surface area contributed by atoms with Crippen LogP contribution in [-0.2, 0) is 0 Å². The van der Waals surface area contributed by atoms with Crippen LogP contribution in [0.2, 0.25) is 0 Å². The molecule has 0 unspecified atom stereocenters. The molecular formula is C39H41N3O. The van der Waals surface area contributed by atoms with Gasteiger partial charge in [-0.15, -0.1) is 0 Å². The van der Waals surface area contributed by atoms with E-state index < -0.39 is 0 Å². The molecule has 5 aromatic rings. The minimum atomic E-state index is 0.702. The van der Waals surface area contributed by atoms with Crippen molar-refractivity contribution in [3.63, 3.8) is 0 Å².